The van der Waals surface area contributed by atoms with Gasteiger partial charge >= 0.3 is 0 Å². The minimum absolute atomic E-state index is 0.649. The maximum atomic E-state index is 4.15. The first-order valence-electron chi connectivity index (χ1n) is 5.71. The fraction of sp³-hybridized carbons (Fsp3) is 0.583. The molecule has 2 rings (SSSR count). The predicted octanol–water partition coefficient (Wildman–Crippen LogP) is 1.58. The van der Waals surface area contributed by atoms with E-state index < -0.39 is 0 Å². The minimum Gasteiger partial charge on any atom is -0.367 e. The molecule has 1 N–H and O–H groups in total. The van der Waals surface area contributed by atoms with E-state index in [0.717, 1.165) is 19.6 Å². The van der Waals surface area contributed by atoms with Gasteiger partial charge in [-0.15, -0.1) is 0 Å². The Bertz CT molecular complexity index is 318. The highest BCUT2D eigenvalue weighted by atomic mass is 15.2. The SMILES string of the molecule is CCN(c1ccncc1C)C1CCNC1. The molecule has 0 amide bonds. The second kappa shape index (κ2) is 4.62. The predicted molar refractivity (Wildman–Crippen MR) is 63.3 cm³/mol. The van der Waals surface area contributed by atoms with E-state index in [0.29, 0.717) is 6.04 Å². The van der Waals surface area contributed by atoms with Crippen LogP contribution in [0.3, 0.4) is 0 Å². The fourth-order valence-electron chi connectivity index (χ4n) is 2.32. The molecule has 0 saturated carbocycles. The molecular weight excluding hydrogens is 186 g/mol. The summed E-state index contributed by atoms with van der Waals surface area (Å²) in [4.78, 5) is 6.63. The molecule has 0 aromatic carbocycles. The Morgan fingerprint density at radius 1 is 1.60 bits per heavy atom. The first kappa shape index (κ1) is 10.4. The number of pyridine rings is 1. The van der Waals surface area contributed by atoms with E-state index >= 15 is 0 Å². The number of nitrogens with one attached hydrogen (secondary N) is 1. The highest BCUT2D eigenvalue weighted by molar-refractivity contribution is 5.52. The van der Waals surface area contributed by atoms with E-state index in [9.17, 15) is 0 Å². The summed E-state index contributed by atoms with van der Waals surface area (Å²) in [5.41, 5.74) is 2.60. The van der Waals surface area contributed by atoms with Crippen molar-refractivity contribution in [2.45, 2.75) is 26.3 Å². The zero-order valence-corrected chi connectivity index (χ0v) is 9.53. The van der Waals surface area contributed by atoms with Crippen LogP contribution < -0.4 is 10.2 Å². The number of aryl methyl sites for hydroxylation is 1. The first-order valence-corrected chi connectivity index (χ1v) is 5.71. The van der Waals surface area contributed by atoms with Gasteiger partial charge in [0.15, 0.2) is 0 Å². The van der Waals surface area contributed by atoms with Crippen LogP contribution in [0.5, 0.6) is 0 Å². The van der Waals surface area contributed by atoms with Gasteiger partial charge < -0.3 is 10.2 Å². The number of hydrogen-bond donors (Lipinski definition) is 1. The van der Waals surface area contributed by atoms with Gasteiger partial charge in [-0.25, -0.2) is 0 Å². The number of hydrogen-bond acceptors (Lipinski definition) is 3. The van der Waals surface area contributed by atoms with Crippen molar-refractivity contribution >= 4 is 5.69 Å². The van der Waals surface area contributed by atoms with Crippen molar-refractivity contribution in [1.29, 1.82) is 0 Å². The lowest BCUT2D eigenvalue weighted by molar-refractivity contribution is 0.646. The molecule has 82 valence electrons. The zero-order chi connectivity index (χ0) is 10.7. The molecule has 3 nitrogen and oxygen atoms in total. The van der Waals surface area contributed by atoms with E-state index in [2.05, 4.69) is 35.1 Å². The highest BCUT2D eigenvalue weighted by Crippen LogP contribution is 2.22. The van der Waals surface area contributed by atoms with Gasteiger partial charge in [0, 0.05) is 37.2 Å². The molecular formula is C12H19N3. The van der Waals surface area contributed by atoms with Crippen LogP contribution in [-0.4, -0.2) is 30.7 Å². The molecule has 3 heteroatoms. The number of anilines is 1. The third-order valence-electron chi connectivity index (χ3n) is 3.12. The molecule has 0 spiro atoms. The number of rotatable bonds is 3. The van der Waals surface area contributed by atoms with Crippen LogP contribution in [0.1, 0.15) is 18.9 Å². The monoisotopic (exact) mass is 205 g/mol. The molecule has 1 fully saturated rings. The Labute approximate surface area is 91.5 Å². The topological polar surface area (TPSA) is 28.2 Å². The molecule has 1 aromatic rings. The van der Waals surface area contributed by atoms with E-state index in [1.165, 1.54) is 17.7 Å². The van der Waals surface area contributed by atoms with Crippen LogP contribution >= 0.6 is 0 Å². The van der Waals surface area contributed by atoms with Gasteiger partial charge in [0.2, 0.25) is 0 Å². The lowest BCUT2D eigenvalue weighted by atomic mass is 10.1. The molecule has 0 aliphatic carbocycles. The summed E-state index contributed by atoms with van der Waals surface area (Å²) in [5.74, 6) is 0. The molecule has 0 radical (unpaired) electrons. The highest BCUT2D eigenvalue weighted by Gasteiger charge is 2.22. The van der Waals surface area contributed by atoms with E-state index in [4.69, 9.17) is 0 Å². The van der Waals surface area contributed by atoms with Gasteiger partial charge in [-0.05, 0) is 38.4 Å². The maximum absolute atomic E-state index is 4.15. The Hall–Kier alpha value is -1.09. The molecule has 0 bridgehead atoms. The molecule has 1 aromatic heterocycles. The molecule has 15 heavy (non-hydrogen) atoms. The van der Waals surface area contributed by atoms with E-state index in [1.807, 2.05) is 12.4 Å². The van der Waals surface area contributed by atoms with Crippen molar-refractivity contribution in [2.75, 3.05) is 24.5 Å². The van der Waals surface area contributed by atoms with Crippen LogP contribution in [0.2, 0.25) is 0 Å². The summed E-state index contributed by atoms with van der Waals surface area (Å²) in [5, 5.41) is 3.42. The van der Waals surface area contributed by atoms with Crippen molar-refractivity contribution in [3.8, 4) is 0 Å². The third-order valence-corrected chi connectivity index (χ3v) is 3.12. The Morgan fingerprint density at radius 2 is 2.47 bits per heavy atom. The van der Waals surface area contributed by atoms with Crippen molar-refractivity contribution in [1.82, 2.24) is 10.3 Å². The van der Waals surface area contributed by atoms with Crippen LogP contribution in [0, 0.1) is 6.92 Å². The van der Waals surface area contributed by atoms with Crippen LogP contribution in [0.15, 0.2) is 18.5 Å². The quantitative estimate of drug-likeness (QED) is 0.812. The second-order valence-electron chi connectivity index (χ2n) is 4.09. The molecule has 1 aliphatic heterocycles. The second-order valence-corrected chi connectivity index (χ2v) is 4.09. The summed E-state index contributed by atoms with van der Waals surface area (Å²) in [7, 11) is 0. The Kier molecular flexibility index (Phi) is 3.21. The maximum Gasteiger partial charge on any atom is 0.0429 e. The molecule has 1 saturated heterocycles. The number of likely N-dealkylation sites (N-methyl/N-ethyl adjacent to an activating group) is 1. The van der Waals surface area contributed by atoms with Gasteiger partial charge in [0.05, 0.1) is 0 Å². The summed E-state index contributed by atoms with van der Waals surface area (Å²) in [6.45, 7) is 7.67. The van der Waals surface area contributed by atoms with Gasteiger partial charge in [-0.2, -0.15) is 0 Å². The van der Waals surface area contributed by atoms with E-state index in [1.54, 1.807) is 0 Å². The van der Waals surface area contributed by atoms with Crippen molar-refractivity contribution < 1.29 is 0 Å². The summed E-state index contributed by atoms with van der Waals surface area (Å²) < 4.78 is 0. The van der Waals surface area contributed by atoms with Gasteiger partial charge in [0.25, 0.3) is 0 Å². The average Bonchev–Trinajstić information content (AvgIpc) is 2.75. The fourth-order valence-corrected chi connectivity index (χ4v) is 2.32. The molecule has 1 atom stereocenters. The lowest BCUT2D eigenvalue weighted by Gasteiger charge is -2.30. The normalized spacial score (nSPS) is 20.5. The first-order chi connectivity index (χ1) is 7.33. The standard InChI is InChI=1S/C12H19N3/c1-3-15(11-4-6-14-9-11)12-5-7-13-8-10(12)2/h5,7-8,11,14H,3-4,6,9H2,1-2H3. The average molecular weight is 205 g/mol. The van der Waals surface area contributed by atoms with Gasteiger partial charge in [0.1, 0.15) is 0 Å². The minimum atomic E-state index is 0.649. The molecule has 2 heterocycles. The molecule has 1 aliphatic rings. The smallest absolute Gasteiger partial charge is 0.0429 e. The van der Waals surface area contributed by atoms with Crippen molar-refractivity contribution in [3.05, 3.63) is 24.0 Å². The van der Waals surface area contributed by atoms with Crippen molar-refractivity contribution in [3.63, 3.8) is 0 Å². The number of nitrogens with zero attached hydrogens (tertiary/aromatic N) is 2. The van der Waals surface area contributed by atoms with Crippen LogP contribution in [0.25, 0.3) is 0 Å². The van der Waals surface area contributed by atoms with Gasteiger partial charge in [-0.3, -0.25) is 4.98 Å². The largest absolute Gasteiger partial charge is 0.367 e. The number of aromatic nitrogens is 1. The third kappa shape index (κ3) is 2.12. The zero-order valence-electron chi connectivity index (χ0n) is 9.53. The summed E-state index contributed by atoms with van der Waals surface area (Å²) in [6, 6.07) is 2.77. The lowest BCUT2D eigenvalue weighted by Crippen LogP contribution is -2.37. The van der Waals surface area contributed by atoms with Crippen molar-refractivity contribution in [2.24, 2.45) is 0 Å². The van der Waals surface area contributed by atoms with Gasteiger partial charge in [-0.1, -0.05) is 0 Å². The summed E-state index contributed by atoms with van der Waals surface area (Å²) in [6.07, 6.45) is 5.07. The van der Waals surface area contributed by atoms with E-state index in [-0.39, 0.29) is 0 Å². The summed E-state index contributed by atoms with van der Waals surface area (Å²) >= 11 is 0. The Balaban J connectivity index is 2.22. The Morgan fingerprint density at radius 3 is 3.07 bits per heavy atom. The van der Waals surface area contributed by atoms with Crippen LogP contribution in [0.4, 0.5) is 5.69 Å². The van der Waals surface area contributed by atoms with Crippen LogP contribution in [-0.2, 0) is 0 Å². The molecule has 1 unspecified atom stereocenters.